The van der Waals surface area contributed by atoms with Crippen LogP contribution in [-0.4, -0.2) is 45.9 Å². The van der Waals surface area contributed by atoms with Gasteiger partial charge in [0.25, 0.3) is 0 Å². The molecule has 0 radical (unpaired) electrons. The van der Waals surface area contributed by atoms with E-state index in [4.69, 9.17) is 14.2 Å². The quantitative estimate of drug-likeness (QED) is 0.871. The molecule has 25 heavy (non-hydrogen) atoms. The van der Waals surface area contributed by atoms with Gasteiger partial charge in [-0.1, -0.05) is 24.3 Å². The van der Waals surface area contributed by atoms with Gasteiger partial charge in [-0.15, -0.1) is 0 Å². The van der Waals surface area contributed by atoms with Crippen LogP contribution in [-0.2, 0) is 4.79 Å². The summed E-state index contributed by atoms with van der Waals surface area (Å²) in [7, 11) is 3.47. The van der Waals surface area contributed by atoms with Gasteiger partial charge in [-0.25, -0.2) is 0 Å². The van der Waals surface area contributed by atoms with Gasteiger partial charge in [0.1, 0.15) is 18.5 Å². The molecule has 0 aliphatic carbocycles. The number of methoxy groups -OCH3 is 1. The third kappa shape index (κ3) is 4.15. The van der Waals surface area contributed by atoms with Crippen LogP contribution in [0.2, 0.25) is 0 Å². The lowest BCUT2D eigenvalue weighted by Gasteiger charge is -2.27. The van der Waals surface area contributed by atoms with Crippen molar-refractivity contribution in [2.24, 2.45) is 0 Å². The van der Waals surface area contributed by atoms with Crippen LogP contribution in [0.4, 0.5) is 5.69 Å². The Bertz CT molecular complexity index is 735. The van der Waals surface area contributed by atoms with Gasteiger partial charge in [0.2, 0.25) is 5.91 Å². The second-order valence-electron chi connectivity index (χ2n) is 5.83. The molecule has 1 N–H and O–H groups in total. The largest absolute Gasteiger partial charge is 0.495 e. The van der Waals surface area contributed by atoms with Crippen molar-refractivity contribution in [1.29, 1.82) is 0 Å². The molecule has 0 fully saturated rings. The maximum atomic E-state index is 12.2. The number of nitrogens with zero attached hydrogens (tertiary/aromatic N) is 1. The van der Waals surface area contributed by atoms with E-state index < -0.39 is 0 Å². The number of rotatable bonds is 6. The number of hydrogen-bond donors (Lipinski definition) is 1. The summed E-state index contributed by atoms with van der Waals surface area (Å²) in [6, 6.07) is 15.1. The highest BCUT2D eigenvalue weighted by molar-refractivity contribution is 5.81. The molecule has 0 saturated heterocycles. The van der Waals surface area contributed by atoms with Crippen LogP contribution < -0.4 is 24.4 Å². The molecule has 1 aliphatic heterocycles. The first-order valence-corrected chi connectivity index (χ1v) is 8.16. The van der Waals surface area contributed by atoms with Gasteiger partial charge in [0.05, 0.1) is 25.9 Å². The SMILES string of the molecule is COc1ccccc1N(C)CC(=O)NCC1COc2ccccc2O1. The van der Waals surface area contributed by atoms with Crippen LogP contribution in [0.15, 0.2) is 48.5 Å². The molecular formula is C19H22N2O4. The van der Waals surface area contributed by atoms with Crippen LogP contribution in [0.1, 0.15) is 0 Å². The molecule has 1 atom stereocenters. The summed E-state index contributed by atoms with van der Waals surface area (Å²) in [5.74, 6) is 2.09. The average Bonchev–Trinajstić information content (AvgIpc) is 2.66. The fourth-order valence-corrected chi connectivity index (χ4v) is 2.69. The van der Waals surface area contributed by atoms with Crippen molar-refractivity contribution in [3.63, 3.8) is 0 Å². The molecule has 6 heteroatoms. The molecule has 1 unspecified atom stereocenters. The summed E-state index contributed by atoms with van der Waals surface area (Å²) in [6.45, 7) is 1.04. The summed E-state index contributed by atoms with van der Waals surface area (Å²) < 4.78 is 16.8. The Morgan fingerprint density at radius 3 is 2.72 bits per heavy atom. The summed E-state index contributed by atoms with van der Waals surface area (Å²) >= 11 is 0. The van der Waals surface area contributed by atoms with E-state index in [1.165, 1.54) is 0 Å². The first-order valence-electron chi connectivity index (χ1n) is 8.16. The molecule has 132 valence electrons. The minimum atomic E-state index is -0.199. The van der Waals surface area contributed by atoms with Crippen molar-refractivity contribution < 1.29 is 19.0 Å². The summed E-state index contributed by atoms with van der Waals surface area (Å²) in [4.78, 5) is 14.1. The zero-order valence-electron chi connectivity index (χ0n) is 14.4. The second-order valence-corrected chi connectivity index (χ2v) is 5.83. The second kappa shape index (κ2) is 7.79. The number of carbonyl (C=O) groups is 1. The number of hydrogen-bond acceptors (Lipinski definition) is 5. The molecule has 1 heterocycles. The van der Waals surface area contributed by atoms with E-state index >= 15 is 0 Å². The number of ether oxygens (including phenoxy) is 3. The molecular weight excluding hydrogens is 320 g/mol. The number of fused-ring (bicyclic) bond motifs is 1. The lowest BCUT2D eigenvalue weighted by Crippen LogP contribution is -2.43. The minimum absolute atomic E-state index is 0.0872. The Hall–Kier alpha value is -2.89. The zero-order chi connectivity index (χ0) is 17.6. The van der Waals surface area contributed by atoms with Crippen molar-refractivity contribution in [2.75, 3.05) is 38.8 Å². The molecule has 6 nitrogen and oxygen atoms in total. The topological polar surface area (TPSA) is 60.0 Å². The van der Waals surface area contributed by atoms with E-state index in [0.29, 0.717) is 18.9 Å². The summed E-state index contributed by atoms with van der Waals surface area (Å²) in [5.41, 5.74) is 0.867. The third-order valence-electron chi connectivity index (χ3n) is 3.97. The van der Waals surface area contributed by atoms with E-state index in [2.05, 4.69) is 5.32 Å². The normalized spacial score (nSPS) is 15.4. The van der Waals surface area contributed by atoms with Crippen LogP contribution in [0, 0.1) is 0 Å². The van der Waals surface area contributed by atoms with Gasteiger partial charge in [-0.2, -0.15) is 0 Å². The fourth-order valence-electron chi connectivity index (χ4n) is 2.69. The molecule has 0 saturated carbocycles. The van der Waals surface area contributed by atoms with Crippen LogP contribution in [0.5, 0.6) is 17.2 Å². The number of amides is 1. The summed E-state index contributed by atoms with van der Waals surface area (Å²) in [5, 5.41) is 2.89. The predicted molar refractivity (Wildman–Crippen MR) is 95.6 cm³/mol. The van der Waals surface area contributed by atoms with Gasteiger partial charge in [-0.05, 0) is 24.3 Å². The van der Waals surface area contributed by atoms with Crippen molar-refractivity contribution in [1.82, 2.24) is 5.32 Å². The molecule has 0 aromatic heterocycles. The Labute approximate surface area is 147 Å². The molecule has 2 aromatic rings. The van der Waals surface area contributed by atoms with Crippen molar-refractivity contribution in [2.45, 2.75) is 6.10 Å². The fraction of sp³-hybridized carbons (Fsp3) is 0.316. The van der Waals surface area contributed by atoms with Crippen LogP contribution in [0.25, 0.3) is 0 Å². The van der Waals surface area contributed by atoms with E-state index in [1.54, 1.807) is 7.11 Å². The lowest BCUT2D eigenvalue weighted by atomic mass is 10.2. The number of para-hydroxylation sites is 4. The Balaban J connectivity index is 1.50. The smallest absolute Gasteiger partial charge is 0.239 e. The van der Waals surface area contributed by atoms with Crippen molar-refractivity contribution >= 4 is 11.6 Å². The van der Waals surface area contributed by atoms with Crippen LogP contribution in [0.3, 0.4) is 0 Å². The van der Waals surface area contributed by atoms with Crippen molar-refractivity contribution in [3.05, 3.63) is 48.5 Å². The molecule has 2 aromatic carbocycles. The van der Waals surface area contributed by atoms with Gasteiger partial charge >= 0.3 is 0 Å². The Kier molecular flexibility index (Phi) is 5.28. The molecule has 0 bridgehead atoms. The Morgan fingerprint density at radius 1 is 1.20 bits per heavy atom. The Morgan fingerprint density at radius 2 is 1.92 bits per heavy atom. The molecule has 0 spiro atoms. The standard InChI is InChI=1S/C19H22N2O4/c1-21(15-7-3-4-8-16(15)23-2)12-19(22)20-11-14-13-24-17-9-5-6-10-18(17)25-14/h3-10,14H,11-13H2,1-2H3,(H,20,22). The van der Waals surface area contributed by atoms with E-state index in [0.717, 1.165) is 17.2 Å². The minimum Gasteiger partial charge on any atom is -0.495 e. The highest BCUT2D eigenvalue weighted by atomic mass is 16.6. The maximum absolute atomic E-state index is 12.2. The number of likely N-dealkylation sites (N-methyl/N-ethyl adjacent to an activating group) is 1. The van der Waals surface area contributed by atoms with E-state index in [1.807, 2.05) is 60.5 Å². The van der Waals surface area contributed by atoms with E-state index in [-0.39, 0.29) is 18.6 Å². The molecule has 3 rings (SSSR count). The first kappa shape index (κ1) is 17.0. The van der Waals surface area contributed by atoms with Gasteiger partial charge in [0, 0.05) is 7.05 Å². The number of carbonyl (C=O) groups excluding carboxylic acids is 1. The predicted octanol–water partition coefficient (Wildman–Crippen LogP) is 2.09. The van der Waals surface area contributed by atoms with Crippen molar-refractivity contribution in [3.8, 4) is 17.2 Å². The van der Waals surface area contributed by atoms with Crippen LogP contribution >= 0.6 is 0 Å². The summed E-state index contributed by atoms with van der Waals surface area (Å²) in [6.07, 6.45) is -0.199. The number of benzene rings is 2. The first-order chi connectivity index (χ1) is 12.2. The lowest BCUT2D eigenvalue weighted by molar-refractivity contribution is -0.120. The van der Waals surface area contributed by atoms with Gasteiger partial charge in [0.15, 0.2) is 11.5 Å². The molecule has 1 amide bonds. The van der Waals surface area contributed by atoms with E-state index in [9.17, 15) is 4.79 Å². The zero-order valence-corrected chi connectivity index (χ0v) is 14.4. The molecule has 1 aliphatic rings. The highest BCUT2D eigenvalue weighted by Crippen LogP contribution is 2.30. The number of anilines is 1. The maximum Gasteiger partial charge on any atom is 0.239 e. The highest BCUT2D eigenvalue weighted by Gasteiger charge is 2.21. The third-order valence-corrected chi connectivity index (χ3v) is 3.97. The average molecular weight is 342 g/mol. The van der Waals surface area contributed by atoms with Gasteiger partial charge < -0.3 is 24.4 Å². The monoisotopic (exact) mass is 342 g/mol. The number of nitrogens with one attached hydrogen (secondary N) is 1. The van der Waals surface area contributed by atoms with Gasteiger partial charge in [-0.3, -0.25) is 4.79 Å².